The second kappa shape index (κ2) is 6.38. The van der Waals surface area contributed by atoms with Crippen molar-refractivity contribution in [3.63, 3.8) is 0 Å². The minimum absolute atomic E-state index is 0.0971. The van der Waals surface area contributed by atoms with Gasteiger partial charge in [-0.2, -0.15) is 0 Å². The van der Waals surface area contributed by atoms with Gasteiger partial charge in [-0.05, 0) is 23.3 Å². The molecule has 18 heavy (non-hydrogen) atoms. The van der Waals surface area contributed by atoms with Crippen molar-refractivity contribution in [2.24, 2.45) is 0 Å². The van der Waals surface area contributed by atoms with Crippen LogP contribution in [0.5, 0.6) is 0 Å². The predicted molar refractivity (Wildman–Crippen MR) is 71.0 cm³/mol. The molecule has 0 atom stereocenters. The Morgan fingerprint density at radius 3 is 2.22 bits per heavy atom. The highest BCUT2D eigenvalue weighted by Gasteiger charge is 2.00. The SMILES string of the molecule is CCc1ccc(CNCc2ccc(CO)cc2)o1. The van der Waals surface area contributed by atoms with Crippen LogP contribution in [0.15, 0.2) is 40.8 Å². The fourth-order valence-electron chi connectivity index (χ4n) is 1.80. The van der Waals surface area contributed by atoms with Crippen LogP contribution in [-0.4, -0.2) is 5.11 Å². The Hall–Kier alpha value is -1.58. The molecule has 0 amide bonds. The fourth-order valence-corrected chi connectivity index (χ4v) is 1.80. The van der Waals surface area contributed by atoms with E-state index < -0.39 is 0 Å². The van der Waals surface area contributed by atoms with Gasteiger partial charge in [0.25, 0.3) is 0 Å². The third-order valence-electron chi connectivity index (χ3n) is 2.90. The minimum Gasteiger partial charge on any atom is -0.465 e. The molecule has 0 aliphatic rings. The molecule has 96 valence electrons. The summed E-state index contributed by atoms with van der Waals surface area (Å²) in [5.41, 5.74) is 2.15. The summed E-state index contributed by atoms with van der Waals surface area (Å²) in [7, 11) is 0. The zero-order valence-electron chi connectivity index (χ0n) is 10.6. The molecule has 1 aromatic carbocycles. The van der Waals surface area contributed by atoms with Crippen molar-refractivity contribution in [2.75, 3.05) is 0 Å². The molecular weight excluding hydrogens is 226 g/mol. The molecule has 1 heterocycles. The van der Waals surface area contributed by atoms with Crippen molar-refractivity contribution < 1.29 is 9.52 Å². The fraction of sp³-hybridized carbons (Fsp3) is 0.333. The standard InChI is InChI=1S/C15H19NO2/c1-2-14-7-8-15(18-14)10-16-9-12-3-5-13(11-17)6-4-12/h3-8,16-17H,2,9-11H2,1H3. The largest absolute Gasteiger partial charge is 0.465 e. The molecule has 0 unspecified atom stereocenters. The predicted octanol–water partition coefficient (Wildman–Crippen LogP) is 2.62. The monoisotopic (exact) mass is 245 g/mol. The summed E-state index contributed by atoms with van der Waals surface area (Å²) < 4.78 is 5.61. The molecule has 1 aromatic heterocycles. The van der Waals surface area contributed by atoms with Gasteiger partial charge >= 0.3 is 0 Å². The van der Waals surface area contributed by atoms with E-state index in [1.165, 1.54) is 5.56 Å². The van der Waals surface area contributed by atoms with E-state index in [9.17, 15) is 0 Å². The maximum atomic E-state index is 8.95. The van der Waals surface area contributed by atoms with Crippen LogP contribution >= 0.6 is 0 Å². The summed E-state index contributed by atoms with van der Waals surface area (Å²) >= 11 is 0. The van der Waals surface area contributed by atoms with E-state index in [1.54, 1.807) is 0 Å². The maximum Gasteiger partial charge on any atom is 0.117 e. The van der Waals surface area contributed by atoms with Gasteiger partial charge in [-0.15, -0.1) is 0 Å². The van der Waals surface area contributed by atoms with Crippen LogP contribution in [0.4, 0.5) is 0 Å². The zero-order chi connectivity index (χ0) is 12.8. The summed E-state index contributed by atoms with van der Waals surface area (Å²) in [5.74, 6) is 2.00. The molecule has 0 saturated heterocycles. The first kappa shape index (κ1) is 12.9. The van der Waals surface area contributed by atoms with E-state index in [1.807, 2.05) is 36.4 Å². The van der Waals surface area contributed by atoms with Crippen molar-refractivity contribution in [1.29, 1.82) is 0 Å². The van der Waals surface area contributed by atoms with Gasteiger partial charge in [0.1, 0.15) is 11.5 Å². The van der Waals surface area contributed by atoms with E-state index in [4.69, 9.17) is 9.52 Å². The Bertz CT molecular complexity index is 473. The van der Waals surface area contributed by atoms with Crippen molar-refractivity contribution in [3.05, 3.63) is 59.0 Å². The van der Waals surface area contributed by atoms with Crippen molar-refractivity contribution in [1.82, 2.24) is 5.32 Å². The lowest BCUT2D eigenvalue weighted by atomic mass is 10.1. The van der Waals surface area contributed by atoms with Gasteiger partial charge in [0, 0.05) is 13.0 Å². The van der Waals surface area contributed by atoms with Crippen molar-refractivity contribution in [2.45, 2.75) is 33.0 Å². The summed E-state index contributed by atoms with van der Waals surface area (Å²) in [4.78, 5) is 0. The molecular formula is C15H19NO2. The quantitative estimate of drug-likeness (QED) is 0.822. The Labute approximate surface area is 107 Å². The van der Waals surface area contributed by atoms with Gasteiger partial charge < -0.3 is 14.8 Å². The molecule has 3 heteroatoms. The van der Waals surface area contributed by atoms with Gasteiger partial charge in [0.05, 0.1) is 13.2 Å². The van der Waals surface area contributed by atoms with E-state index in [0.717, 1.165) is 36.6 Å². The topological polar surface area (TPSA) is 45.4 Å². The number of rotatable bonds is 6. The number of benzene rings is 1. The number of aryl methyl sites for hydroxylation is 1. The average molecular weight is 245 g/mol. The van der Waals surface area contributed by atoms with Crippen LogP contribution < -0.4 is 5.32 Å². The first-order valence-corrected chi connectivity index (χ1v) is 6.28. The second-order valence-corrected chi connectivity index (χ2v) is 4.30. The summed E-state index contributed by atoms with van der Waals surface area (Å²) in [6.07, 6.45) is 0.933. The van der Waals surface area contributed by atoms with E-state index >= 15 is 0 Å². The molecule has 3 nitrogen and oxygen atoms in total. The van der Waals surface area contributed by atoms with Gasteiger partial charge in [-0.1, -0.05) is 31.2 Å². The molecule has 0 radical (unpaired) electrons. The highest BCUT2D eigenvalue weighted by molar-refractivity contribution is 5.21. The molecule has 0 aliphatic heterocycles. The Kier molecular flexibility index (Phi) is 4.56. The zero-order valence-corrected chi connectivity index (χ0v) is 10.6. The second-order valence-electron chi connectivity index (χ2n) is 4.30. The number of hydrogen-bond acceptors (Lipinski definition) is 3. The Balaban J connectivity index is 1.80. The molecule has 2 aromatic rings. The lowest BCUT2D eigenvalue weighted by molar-refractivity contribution is 0.282. The molecule has 0 aliphatic carbocycles. The first-order chi connectivity index (χ1) is 8.81. The summed E-state index contributed by atoms with van der Waals surface area (Å²) in [5, 5.41) is 12.3. The molecule has 0 saturated carbocycles. The van der Waals surface area contributed by atoms with Crippen LogP contribution in [0.2, 0.25) is 0 Å². The van der Waals surface area contributed by atoms with Gasteiger partial charge in [-0.3, -0.25) is 0 Å². The van der Waals surface area contributed by atoms with Crippen LogP contribution in [0.1, 0.15) is 29.6 Å². The molecule has 0 spiro atoms. The number of nitrogens with one attached hydrogen (secondary N) is 1. The lowest BCUT2D eigenvalue weighted by Crippen LogP contribution is -2.12. The van der Waals surface area contributed by atoms with E-state index in [-0.39, 0.29) is 6.61 Å². The third kappa shape index (κ3) is 3.45. The van der Waals surface area contributed by atoms with Crippen LogP contribution in [-0.2, 0) is 26.1 Å². The van der Waals surface area contributed by atoms with Gasteiger partial charge in [0.2, 0.25) is 0 Å². The maximum absolute atomic E-state index is 8.95. The highest BCUT2D eigenvalue weighted by atomic mass is 16.3. The van der Waals surface area contributed by atoms with Crippen molar-refractivity contribution in [3.8, 4) is 0 Å². The van der Waals surface area contributed by atoms with Gasteiger partial charge in [0.15, 0.2) is 0 Å². The number of furan rings is 1. The number of aliphatic hydroxyl groups is 1. The number of aliphatic hydroxyl groups excluding tert-OH is 1. The van der Waals surface area contributed by atoms with Crippen molar-refractivity contribution >= 4 is 0 Å². The third-order valence-corrected chi connectivity index (χ3v) is 2.90. The number of hydrogen-bond donors (Lipinski definition) is 2. The van der Waals surface area contributed by atoms with E-state index in [0.29, 0.717) is 0 Å². The molecule has 0 fully saturated rings. The van der Waals surface area contributed by atoms with Crippen LogP contribution in [0.25, 0.3) is 0 Å². The normalized spacial score (nSPS) is 10.8. The summed E-state index contributed by atoms with van der Waals surface area (Å²) in [6, 6.07) is 12.0. The van der Waals surface area contributed by atoms with E-state index in [2.05, 4.69) is 12.2 Å². The Morgan fingerprint density at radius 2 is 1.61 bits per heavy atom. The minimum atomic E-state index is 0.0971. The smallest absolute Gasteiger partial charge is 0.117 e. The Morgan fingerprint density at radius 1 is 0.944 bits per heavy atom. The highest BCUT2D eigenvalue weighted by Crippen LogP contribution is 2.09. The lowest BCUT2D eigenvalue weighted by Gasteiger charge is -2.04. The molecule has 2 rings (SSSR count). The molecule has 2 N–H and O–H groups in total. The summed E-state index contributed by atoms with van der Waals surface area (Å²) in [6.45, 7) is 3.72. The molecule has 0 bridgehead atoms. The van der Waals surface area contributed by atoms with Crippen LogP contribution in [0.3, 0.4) is 0 Å². The average Bonchev–Trinajstić information content (AvgIpc) is 2.87. The van der Waals surface area contributed by atoms with Gasteiger partial charge in [-0.25, -0.2) is 0 Å². The first-order valence-electron chi connectivity index (χ1n) is 6.28. The van der Waals surface area contributed by atoms with Crippen LogP contribution in [0, 0.1) is 0 Å².